The summed E-state index contributed by atoms with van der Waals surface area (Å²) in [6.07, 6.45) is 0.829. The van der Waals surface area contributed by atoms with Crippen LogP contribution in [0.3, 0.4) is 0 Å². The highest BCUT2D eigenvalue weighted by atomic mass is 35.5. The van der Waals surface area contributed by atoms with E-state index in [0.717, 1.165) is 34.8 Å². The quantitative estimate of drug-likeness (QED) is 0.786. The smallest absolute Gasteiger partial charge is 0.219 e. The van der Waals surface area contributed by atoms with Crippen LogP contribution in [0.4, 0.5) is 0 Å². The Hall–Kier alpha value is -1.61. The van der Waals surface area contributed by atoms with Gasteiger partial charge in [0.15, 0.2) is 5.75 Å². The summed E-state index contributed by atoms with van der Waals surface area (Å²) in [6.45, 7) is 5.96. The van der Waals surface area contributed by atoms with Gasteiger partial charge >= 0.3 is 0 Å². The highest BCUT2D eigenvalue weighted by Crippen LogP contribution is 2.24. The molecule has 0 fully saturated rings. The SMILES string of the molecule is CCc1nc(C)ccc1Oc1ccc(CCl)c(C)n1. The molecule has 0 unspecified atom stereocenters. The van der Waals surface area contributed by atoms with Crippen molar-refractivity contribution in [3.05, 3.63) is 46.9 Å². The molecule has 19 heavy (non-hydrogen) atoms. The van der Waals surface area contributed by atoms with Crippen LogP contribution in [-0.2, 0) is 12.3 Å². The van der Waals surface area contributed by atoms with E-state index in [1.54, 1.807) is 0 Å². The minimum atomic E-state index is 0.464. The molecule has 0 aliphatic carbocycles. The Bertz CT molecular complexity index is 584. The largest absolute Gasteiger partial charge is 0.437 e. The molecule has 0 radical (unpaired) electrons. The summed E-state index contributed by atoms with van der Waals surface area (Å²) >= 11 is 5.82. The standard InChI is InChI=1S/C15H17ClN2O/c1-4-13-14(7-5-10(2)17-13)19-15-8-6-12(9-16)11(3)18-15/h5-8H,4,9H2,1-3H3. The molecule has 0 atom stereocenters. The molecule has 2 aromatic heterocycles. The molecule has 2 aromatic rings. The van der Waals surface area contributed by atoms with Crippen molar-refractivity contribution in [2.45, 2.75) is 33.1 Å². The summed E-state index contributed by atoms with van der Waals surface area (Å²) in [5.74, 6) is 1.80. The summed E-state index contributed by atoms with van der Waals surface area (Å²) in [7, 11) is 0. The Balaban J connectivity index is 2.28. The third kappa shape index (κ3) is 3.24. The Labute approximate surface area is 118 Å². The number of nitrogens with zero attached hydrogens (tertiary/aromatic N) is 2. The first-order valence-corrected chi connectivity index (χ1v) is 6.84. The molecule has 4 heteroatoms. The van der Waals surface area contributed by atoms with Crippen molar-refractivity contribution in [1.82, 2.24) is 9.97 Å². The fourth-order valence-electron chi connectivity index (χ4n) is 1.82. The van der Waals surface area contributed by atoms with Crippen LogP contribution in [0.2, 0.25) is 0 Å². The maximum absolute atomic E-state index is 5.82. The molecule has 2 heterocycles. The molecule has 0 spiro atoms. The zero-order valence-electron chi connectivity index (χ0n) is 11.4. The normalized spacial score (nSPS) is 10.5. The van der Waals surface area contributed by atoms with Crippen molar-refractivity contribution in [3.8, 4) is 11.6 Å². The lowest BCUT2D eigenvalue weighted by Crippen LogP contribution is -1.98. The fraction of sp³-hybridized carbons (Fsp3) is 0.333. The van der Waals surface area contributed by atoms with Crippen molar-refractivity contribution >= 4 is 11.6 Å². The summed E-state index contributed by atoms with van der Waals surface area (Å²) in [5, 5.41) is 0. The van der Waals surface area contributed by atoms with Crippen LogP contribution in [0.5, 0.6) is 11.6 Å². The van der Waals surface area contributed by atoms with E-state index >= 15 is 0 Å². The molecule has 0 aromatic carbocycles. The maximum atomic E-state index is 5.82. The summed E-state index contributed by atoms with van der Waals surface area (Å²) < 4.78 is 5.82. The maximum Gasteiger partial charge on any atom is 0.219 e. The van der Waals surface area contributed by atoms with Gasteiger partial charge in [0.05, 0.1) is 5.69 Å². The molecule has 0 aliphatic heterocycles. The number of rotatable bonds is 4. The molecular formula is C15H17ClN2O. The predicted molar refractivity (Wildman–Crippen MR) is 77.0 cm³/mol. The molecule has 0 bridgehead atoms. The van der Waals surface area contributed by atoms with Gasteiger partial charge in [-0.1, -0.05) is 13.0 Å². The van der Waals surface area contributed by atoms with Gasteiger partial charge in [-0.15, -0.1) is 11.6 Å². The number of hydrogen-bond donors (Lipinski definition) is 0. The molecule has 0 N–H and O–H groups in total. The van der Waals surface area contributed by atoms with Crippen LogP contribution >= 0.6 is 11.6 Å². The summed E-state index contributed by atoms with van der Waals surface area (Å²) in [5.41, 5.74) is 3.85. The lowest BCUT2D eigenvalue weighted by molar-refractivity contribution is 0.452. The van der Waals surface area contributed by atoms with E-state index in [9.17, 15) is 0 Å². The molecule has 0 aliphatic rings. The first-order valence-electron chi connectivity index (χ1n) is 6.31. The van der Waals surface area contributed by atoms with Crippen LogP contribution in [-0.4, -0.2) is 9.97 Å². The molecule has 0 saturated heterocycles. The van der Waals surface area contributed by atoms with Crippen molar-refractivity contribution < 1.29 is 4.74 Å². The molecule has 3 nitrogen and oxygen atoms in total. The average Bonchev–Trinajstić information content (AvgIpc) is 2.41. The highest BCUT2D eigenvalue weighted by molar-refractivity contribution is 6.17. The van der Waals surface area contributed by atoms with E-state index in [1.807, 2.05) is 38.1 Å². The van der Waals surface area contributed by atoms with Gasteiger partial charge in [0, 0.05) is 23.3 Å². The zero-order chi connectivity index (χ0) is 13.8. The number of pyridine rings is 2. The monoisotopic (exact) mass is 276 g/mol. The lowest BCUT2D eigenvalue weighted by Gasteiger charge is -2.10. The van der Waals surface area contributed by atoms with Gasteiger partial charge in [-0.3, -0.25) is 4.98 Å². The lowest BCUT2D eigenvalue weighted by atomic mass is 10.2. The van der Waals surface area contributed by atoms with E-state index < -0.39 is 0 Å². The summed E-state index contributed by atoms with van der Waals surface area (Å²) in [4.78, 5) is 8.87. The highest BCUT2D eigenvalue weighted by Gasteiger charge is 2.07. The van der Waals surface area contributed by atoms with Gasteiger partial charge in [-0.25, -0.2) is 4.98 Å². The van der Waals surface area contributed by atoms with Crippen molar-refractivity contribution in [1.29, 1.82) is 0 Å². The van der Waals surface area contributed by atoms with Crippen molar-refractivity contribution in [2.75, 3.05) is 0 Å². The third-order valence-corrected chi connectivity index (χ3v) is 3.22. The van der Waals surface area contributed by atoms with E-state index in [-0.39, 0.29) is 0 Å². The van der Waals surface area contributed by atoms with Crippen molar-refractivity contribution in [3.63, 3.8) is 0 Å². The minimum absolute atomic E-state index is 0.464. The van der Waals surface area contributed by atoms with E-state index in [0.29, 0.717) is 11.8 Å². The molecule has 2 rings (SSSR count). The van der Waals surface area contributed by atoms with E-state index in [2.05, 4.69) is 16.9 Å². The van der Waals surface area contributed by atoms with Crippen LogP contribution in [0.25, 0.3) is 0 Å². The zero-order valence-corrected chi connectivity index (χ0v) is 12.2. The number of hydrogen-bond acceptors (Lipinski definition) is 3. The first kappa shape index (κ1) is 13.8. The van der Waals surface area contributed by atoms with Gasteiger partial charge in [0.2, 0.25) is 5.88 Å². The van der Waals surface area contributed by atoms with Crippen LogP contribution < -0.4 is 4.74 Å². The number of halogens is 1. The third-order valence-electron chi connectivity index (χ3n) is 2.93. The Morgan fingerprint density at radius 2 is 1.89 bits per heavy atom. The second kappa shape index (κ2) is 6.02. The topological polar surface area (TPSA) is 35.0 Å². The number of alkyl halides is 1. The number of aryl methyl sites for hydroxylation is 3. The number of aromatic nitrogens is 2. The molecular weight excluding hydrogens is 260 g/mol. The molecule has 0 saturated carbocycles. The second-order valence-electron chi connectivity index (χ2n) is 4.38. The van der Waals surface area contributed by atoms with Crippen LogP contribution in [0, 0.1) is 13.8 Å². The molecule has 100 valence electrons. The Morgan fingerprint density at radius 3 is 2.53 bits per heavy atom. The Morgan fingerprint density at radius 1 is 1.11 bits per heavy atom. The van der Waals surface area contributed by atoms with Gasteiger partial charge in [0.1, 0.15) is 0 Å². The fourth-order valence-corrected chi connectivity index (χ4v) is 2.10. The Kier molecular flexibility index (Phi) is 4.38. The predicted octanol–water partition coefficient (Wildman–Crippen LogP) is 4.19. The summed E-state index contributed by atoms with van der Waals surface area (Å²) in [6, 6.07) is 7.66. The van der Waals surface area contributed by atoms with Crippen LogP contribution in [0.1, 0.15) is 29.6 Å². The second-order valence-corrected chi connectivity index (χ2v) is 4.65. The molecule has 0 amide bonds. The first-order chi connectivity index (χ1) is 9.13. The van der Waals surface area contributed by atoms with Gasteiger partial charge in [0.25, 0.3) is 0 Å². The van der Waals surface area contributed by atoms with E-state index in [1.165, 1.54) is 0 Å². The van der Waals surface area contributed by atoms with Gasteiger partial charge in [-0.05, 0) is 38.0 Å². The minimum Gasteiger partial charge on any atom is -0.437 e. The van der Waals surface area contributed by atoms with Gasteiger partial charge < -0.3 is 4.74 Å². The number of ether oxygens (including phenoxy) is 1. The van der Waals surface area contributed by atoms with Crippen molar-refractivity contribution in [2.24, 2.45) is 0 Å². The van der Waals surface area contributed by atoms with Crippen LogP contribution in [0.15, 0.2) is 24.3 Å². The van der Waals surface area contributed by atoms with E-state index in [4.69, 9.17) is 16.3 Å². The average molecular weight is 277 g/mol. The van der Waals surface area contributed by atoms with Gasteiger partial charge in [-0.2, -0.15) is 0 Å².